The molecule has 0 aromatic rings. The Morgan fingerprint density at radius 3 is 2.17 bits per heavy atom. The van der Waals surface area contributed by atoms with Crippen LogP contribution in [0.5, 0.6) is 0 Å². The molecule has 70 valence electrons. The van der Waals surface area contributed by atoms with E-state index in [1.54, 1.807) is 6.92 Å². The van der Waals surface area contributed by atoms with Gasteiger partial charge < -0.3 is 10.8 Å². The second-order valence-corrected chi connectivity index (χ2v) is 3.81. The van der Waals surface area contributed by atoms with Crippen LogP contribution in [0.25, 0.3) is 0 Å². The van der Waals surface area contributed by atoms with Gasteiger partial charge in [-0.2, -0.15) is 0 Å². The summed E-state index contributed by atoms with van der Waals surface area (Å²) < 4.78 is 0. The summed E-state index contributed by atoms with van der Waals surface area (Å²) in [5.74, 6) is -0.711. The Kier molecular flexibility index (Phi) is 2.73. The highest BCUT2D eigenvalue weighted by Gasteiger charge is 2.42. The summed E-state index contributed by atoms with van der Waals surface area (Å²) in [6, 6.07) is -0.227. The third-order valence-electron chi connectivity index (χ3n) is 3.04. The van der Waals surface area contributed by atoms with Gasteiger partial charge in [-0.15, -0.1) is 0 Å². The van der Waals surface area contributed by atoms with Crippen LogP contribution in [0.15, 0.2) is 0 Å². The first-order chi connectivity index (χ1) is 5.59. The second kappa shape index (κ2) is 3.44. The van der Waals surface area contributed by atoms with E-state index in [-0.39, 0.29) is 6.04 Å². The Labute approximate surface area is 72.9 Å². The highest BCUT2D eigenvalue weighted by Crippen LogP contribution is 2.38. The first kappa shape index (κ1) is 9.52. The molecule has 1 saturated carbocycles. The Morgan fingerprint density at radius 1 is 1.42 bits per heavy atom. The molecule has 0 heterocycles. The van der Waals surface area contributed by atoms with Crippen molar-refractivity contribution < 1.29 is 9.90 Å². The van der Waals surface area contributed by atoms with Gasteiger partial charge in [0.25, 0.3) is 0 Å². The first-order valence-electron chi connectivity index (χ1n) is 4.58. The van der Waals surface area contributed by atoms with Gasteiger partial charge in [-0.3, -0.25) is 4.79 Å². The summed E-state index contributed by atoms with van der Waals surface area (Å²) in [4.78, 5) is 11.0. The molecule has 0 amide bonds. The monoisotopic (exact) mass is 171 g/mol. The third kappa shape index (κ3) is 1.46. The molecule has 12 heavy (non-hydrogen) atoms. The molecule has 3 N–H and O–H groups in total. The smallest absolute Gasteiger partial charge is 0.311 e. The predicted molar refractivity (Wildman–Crippen MR) is 46.8 cm³/mol. The summed E-state index contributed by atoms with van der Waals surface area (Å²) >= 11 is 0. The van der Waals surface area contributed by atoms with Gasteiger partial charge in [0, 0.05) is 6.04 Å². The van der Waals surface area contributed by atoms with Gasteiger partial charge in [0.1, 0.15) is 0 Å². The number of hydrogen-bond donors (Lipinski definition) is 2. The highest BCUT2D eigenvalue weighted by atomic mass is 16.4. The van der Waals surface area contributed by atoms with Crippen LogP contribution < -0.4 is 5.73 Å². The molecule has 0 aromatic heterocycles. The molecule has 0 spiro atoms. The lowest BCUT2D eigenvalue weighted by Crippen LogP contribution is -2.47. The minimum atomic E-state index is -0.711. The van der Waals surface area contributed by atoms with Gasteiger partial charge in [0.15, 0.2) is 0 Å². The lowest BCUT2D eigenvalue weighted by atomic mass is 9.70. The number of carboxylic acids is 1. The minimum Gasteiger partial charge on any atom is -0.481 e. The number of carbonyl (C=O) groups is 1. The van der Waals surface area contributed by atoms with E-state index in [9.17, 15) is 4.79 Å². The van der Waals surface area contributed by atoms with Gasteiger partial charge >= 0.3 is 5.97 Å². The lowest BCUT2D eigenvalue weighted by Gasteiger charge is -2.36. The van der Waals surface area contributed by atoms with Crippen molar-refractivity contribution in [2.75, 3.05) is 0 Å². The average molecular weight is 171 g/mol. The number of hydrogen-bond acceptors (Lipinski definition) is 2. The molecule has 1 rings (SSSR count). The molecule has 0 saturated heterocycles. The fraction of sp³-hybridized carbons (Fsp3) is 0.889. The molecule has 0 radical (unpaired) electrons. The van der Waals surface area contributed by atoms with Gasteiger partial charge in [-0.05, 0) is 19.8 Å². The standard InChI is InChI=1S/C9H17NO2/c1-7(10)9(8(11)12)5-3-2-4-6-9/h7H,2-6,10H2,1H3,(H,11,12). The maximum Gasteiger partial charge on any atom is 0.311 e. The zero-order chi connectivity index (χ0) is 9.19. The topological polar surface area (TPSA) is 63.3 Å². The summed E-state index contributed by atoms with van der Waals surface area (Å²) in [7, 11) is 0. The molecule has 0 aliphatic heterocycles. The number of aliphatic carboxylic acids is 1. The quantitative estimate of drug-likeness (QED) is 0.659. The zero-order valence-corrected chi connectivity index (χ0v) is 7.55. The highest BCUT2D eigenvalue weighted by molar-refractivity contribution is 5.75. The van der Waals surface area contributed by atoms with Crippen LogP contribution in [-0.4, -0.2) is 17.1 Å². The van der Waals surface area contributed by atoms with E-state index in [1.807, 2.05) is 0 Å². The molecule has 0 bridgehead atoms. The Morgan fingerprint density at radius 2 is 1.92 bits per heavy atom. The van der Waals surface area contributed by atoms with Crippen LogP contribution in [0.4, 0.5) is 0 Å². The number of carboxylic acid groups (broad SMARTS) is 1. The average Bonchev–Trinajstić information content (AvgIpc) is 2.05. The van der Waals surface area contributed by atoms with E-state index in [0.717, 1.165) is 32.1 Å². The minimum absolute atomic E-state index is 0.227. The van der Waals surface area contributed by atoms with Gasteiger partial charge in [0.2, 0.25) is 0 Å². The predicted octanol–water partition coefficient (Wildman–Crippen LogP) is 1.37. The largest absolute Gasteiger partial charge is 0.481 e. The maximum absolute atomic E-state index is 11.0. The van der Waals surface area contributed by atoms with Crippen molar-refractivity contribution >= 4 is 5.97 Å². The SMILES string of the molecule is CC(N)C1(C(=O)O)CCCCC1. The molecule has 3 heteroatoms. The van der Waals surface area contributed by atoms with E-state index in [2.05, 4.69) is 0 Å². The molecule has 1 aliphatic carbocycles. The van der Waals surface area contributed by atoms with Crippen molar-refractivity contribution in [2.45, 2.75) is 45.1 Å². The van der Waals surface area contributed by atoms with Crippen molar-refractivity contribution in [2.24, 2.45) is 11.1 Å². The van der Waals surface area contributed by atoms with Crippen molar-refractivity contribution in [1.82, 2.24) is 0 Å². The molecule has 1 fully saturated rings. The Bertz CT molecular complexity index is 171. The Hall–Kier alpha value is -0.570. The van der Waals surface area contributed by atoms with E-state index in [1.165, 1.54) is 0 Å². The van der Waals surface area contributed by atoms with Crippen molar-refractivity contribution in [3.05, 3.63) is 0 Å². The summed E-state index contributed by atoms with van der Waals surface area (Å²) in [6.45, 7) is 1.80. The molecule has 0 aromatic carbocycles. The van der Waals surface area contributed by atoms with E-state index >= 15 is 0 Å². The molecular formula is C9H17NO2. The van der Waals surface area contributed by atoms with E-state index in [0.29, 0.717) is 0 Å². The molecular weight excluding hydrogens is 154 g/mol. The molecule has 1 atom stereocenters. The van der Waals surface area contributed by atoms with E-state index in [4.69, 9.17) is 10.8 Å². The van der Waals surface area contributed by atoms with Crippen LogP contribution in [0.1, 0.15) is 39.0 Å². The maximum atomic E-state index is 11.0. The number of rotatable bonds is 2. The van der Waals surface area contributed by atoms with Crippen molar-refractivity contribution in [3.8, 4) is 0 Å². The fourth-order valence-corrected chi connectivity index (χ4v) is 2.05. The zero-order valence-electron chi connectivity index (χ0n) is 7.55. The van der Waals surface area contributed by atoms with Gasteiger partial charge in [-0.25, -0.2) is 0 Å². The van der Waals surface area contributed by atoms with E-state index < -0.39 is 11.4 Å². The summed E-state index contributed by atoms with van der Waals surface area (Å²) in [6.07, 6.45) is 4.67. The molecule has 1 aliphatic rings. The van der Waals surface area contributed by atoms with Gasteiger partial charge in [0.05, 0.1) is 5.41 Å². The third-order valence-corrected chi connectivity index (χ3v) is 3.04. The van der Waals surface area contributed by atoms with Crippen LogP contribution in [0, 0.1) is 5.41 Å². The normalized spacial score (nSPS) is 24.8. The van der Waals surface area contributed by atoms with Crippen molar-refractivity contribution in [3.63, 3.8) is 0 Å². The van der Waals surface area contributed by atoms with Crippen molar-refractivity contribution in [1.29, 1.82) is 0 Å². The summed E-state index contributed by atoms with van der Waals surface area (Å²) in [5.41, 5.74) is 5.10. The lowest BCUT2D eigenvalue weighted by molar-refractivity contribution is -0.152. The molecule has 1 unspecified atom stereocenters. The Balaban J connectivity index is 2.77. The second-order valence-electron chi connectivity index (χ2n) is 3.81. The van der Waals surface area contributed by atoms with Crippen LogP contribution in [0.3, 0.4) is 0 Å². The fourth-order valence-electron chi connectivity index (χ4n) is 2.05. The number of nitrogens with two attached hydrogens (primary N) is 1. The van der Waals surface area contributed by atoms with Crippen LogP contribution in [-0.2, 0) is 4.79 Å². The van der Waals surface area contributed by atoms with Crippen LogP contribution in [0.2, 0.25) is 0 Å². The summed E-state index contributed by atoms with van der Waals surface area (Å²) in [5, 5.41) is 9.08. The van der Waals surface area contributed by atoms with Gasteiger partial charge in [-0.1, -0.05) is 19.3 Å². The van der Waals surface area contributed by atoms with Crippen LogP contribution >= 0.6 is 0 Å². The first-order valence-corrected chi connectivity index (χ1v) is 4.58. The molecule has 3 nitrogen and oxygen atoms in total.